The van der Waals surface area contributed by atoms with Gasteiger partial charge in [0.05, 0.1) is 7.11 Å². The van der Waals surface area contributed by atoms with E-state index in [0.717, 1.165) is 11.5 Å². The van der Waals surface area contributed by atoms with Gasteiger partial charge in [0.2, 0.25) is 8.32 Å². The summed E-state index contributed by atoms with van der Waals surface area (Å²) in [4.78, 5) is 0. The molecule has 0 aliphatic heterocycles. The van der Waals surface area contributed by atoms with Gasteiger partial charge in [0.1, 0.15) is 0 Å². The van der Waals surface area contributed by atoms with Crippen molar-refractivity contribution in [3.8, 4) is 11.5 Å². The maximum Gasteiger partial charge on any atom is 4.00 e. The number of methoxy groups -OCH3 is 1. The first-order valence-corrected chi connectivity index (χ1v) is 10.9. The molecule has 0 unspecified atom stereocenters. The predicted octanol–water partition coefficient (Wildman–Crippen LogP) is -0.500. The maximum atomic E-state index is 5.78. The second-order valence-electron chi connectivity index (χ2n) is 6.33. The van der Waals surface area contributed by atoms with Crippen LogP contribution in [0.5, 0.6) is 11.5 Å². The van der Waals surface area contributed by atoms with Crippen molar-refractivity contribution in [1.82, 2.24) is 0 Å². The van der Waals surface area contributed by atoms with Gasteiger partial charge in [-0.2, -0.15) is 12.1 Å². The van der Waals surface area contributed by atoms with Gasteiger partial charge in [0, 0.05) is 11.5 Å². The first kappa shape index (κ1) is 26.7. The molecule has 0 aromatic heterocycles. The van der Waals surface area contributed by atoms with Crippen LogP contribution < -0.4 is 34.0 Å². The number of benzene rings is 1. The van der Waals surface area contributed by atoms with Crippen LogP contribution in [-0.4, -0.2) is 15.4 Å². The summed E-state index contributed by atoms with van der Waals surface area (Å²) in [6.45, 7) is 8.58. The molecule has 3 rings (SSSR count). The minimum atomic E-state index is -1.49. The van der Waals surface area contributed by atoms with Gasteiger partial charge in [0.25, 0.3) is 0 Å². The summed E-state index contributed by atoms with van der Waals surface area (Å²) in [6.07, 6.45) is 0. The second kappa shape index (κ2) is 12.0. The van der Waals surface area contributed by atoms with Gasteiger partial charge in [0.15, 0.2) is 0 Å². The molecule has 0 radical (unpaired) electrons. The van der Waals surface area contributed by atoms with Gasteiger partial charge in [-0.15, -0.1) is 46.7 Å². The maximum absolute atomic E-state index is 5.78. The molecule has 0 heterocycles. The van der Waals surface area contributed by atoms with Crippen LogP contribution >= 0.6 is 0 Å². The molecule has 134 valence electrons. The second-order valence-corrected chi connectivity index (χ2v) is 10.8. The van der Waals surface area contributed by atoms with Crippen molar-refractivity contribution in [3.05, 3.63) is 60.2 Å². The fraction of sp³-hybridized carbons (Fsp3) is 0.263. The third kappa shape index (κ3) is 8.59. The molecule has 0 spiro atoms. The fourth-order valence-electron chi connectivity index (χ4n) is 2.28. The number of aryl methyl sites for hydroxylation is 1. The Bertz CT molecular complexity index is 699. The Labute approximate surface area is 183 Å². The van der Waals surface area contributed by atoms with E-state index >= 15 is 0 Å². The number of fused-ring (bicyclic) bond motifs is 1. The minimum absolute atomic E-state index is 0. The molecule has 0 N–H and O–H groups in total. The summed E-state index contributed by atoms with van der Waals surface area (Å²) in [5.74, 6) is 1.70. The van der Waals surface area contributed by atoms with Gasteiger partial charge >= 0.3 is 26.2 Å². The van der Waals surface area contributed by atoms with E-state index in [9.17, 15) is 0 Å². The van der Waals surface area contributed by atoms with Gasteiger partial charge in [-0.05, 0) is 19.6 Å². The largest absolute Gasteiger partial charge is 4.00 e. The van der Waals surface area contributed by atoms with Gasteiger partial charge in [-0.3, -0.25) is 0 Å². The normalized spacial score (nSPS) is 9.64. The molecule has 3 aromatic carbocycles. The van der Waals surface area contributed by atoms with Crippen molar-refractivity contribution >= 4 is 19.1 Å². The molecule has 0 aliphatic rings. The molecule has 6 heteroatoms. The van der Waals surface area contributed by atoms with Crippen molar-refractivity contribution in [2.75, 3.05) is 7.11 Å². The summed E-state index contributed by atoms with van der Waals surface area (Å²) in [7, 11) is 0.170. The van der Waals surface area contributed by atoms with Crippen LogP contribution in [0.25, 0.3) is 10.8 Å². The third-order valence-corrected chi connectivity index (χ3v) is 3.97. The number of hydrogen-bond acceptors (Lipinski definition) is 2. The van der Waals surface area contributed by atoms with Crippen LogP contribution in [0, 0.1) is 6.92 Å². The molecular weight excluding hydrogens is 450 g/mol. The van der Waals surface area contributed by atoms with E-state index < -0.39 is 8.32 Å². The van der Waals surface area contributed by atoms with E-state index in [1.807, 2.05) is 18.2 Å². The van der Waals surface area contributed by atoms with E-state index in [4.69, 9.17) is 9.16 Å². The number of hydrogen-bond donors (Lipinski definition) is 0. The predicted molar refractivity (Wildman–Crippen MR) is 96.8 cm³/mol. The van der Waals surface area contributed by atoms with Crippen LogP contribution in [0.2, 0.25) is 19.6 Å². The Morgan fingerprint density at radius 1 is 1.00 bits per heavy atom. The van der Waals surface area contributed by atoms with E-state index in [0.29, 0.717) is 0 Å². The monoisotopic (exact) mass is 472 g/mol. The SMILES string of the molecule is CO[c-]1cccc1O[Si](C)(C)C.Cc1cc2ccccc2[cH-]1.[Cl-].[Cl-].[Zr+4]. The van der Waals surface area contributed by atoms with Crippen molar-refractivity contribution in [3.63, 3.8) is 0 Å². The first-order valence-electron chi connectivity index (χ1n) is 7.50. The zero-order valence-electron chi connectivity index (χ0n) is 15.3. The third-order valence-electron chi connectivity index (χ3n) is 3.14. The Morgan fingerprint density at radius 2 is 1.64 bits per heavy atom. The Hall–Kier alpha value is -0.540. The van der Waals surface area contributed by atoms with Crippen LogP contribution in [0.4, 0.5) is 0 Å². The van der Waals surface area contributed by atoms with E-state index in [-0.39, 0.29) is 51.0 Å². The van der Waals surface area contributed by atoms with E-state index in [1.54, 1.807) is 7.11 Å². The van der Waals surface area contributed by atoms with Gasteiger partial charge in [-0.25, -0.2) is 6.07 Å². The Balaban J connectivity index is 0. The first-order chi connectivity index (χ1) is 10.4. The van der Waals surface area contributed by atoms with E-state index in [2.05, 4.69) is 63.0 Å². The van der Waals surface area contributed by atoms with Crippen LogP contribution in [0.1, 0.15) is 5.56 Å². The summed E-state index contributed by atoms with van der Waals surface area (Å²) < 4.78 is 10.9. The molecule has 0 aliphatic carbocycles. The molecule has 0 amide bonds. The number of ether oxygens (including phenoxy) is 1. The number of halogens is 2. The summed E-state index contributed by atoms with van der Waals surface area (Å²) in [6, 6.07) is 18.6. The van der Waals surface area contributed by atoms with Crippen LogP contribution in [-0.2, 0) is 26.2 Å². The number of rotatable bonds is 3. The van der Waals surface area contributed by atoms with Crippen LogP contribution in [0.3, 0.4) is 0 Å². The molecule has 0 fully saturated rings. The zero-order chi connectivity index (χ0) is 16.2. The van der Waals surface area contributed by atoms with Crippen molar-refractivity contribution in [2.45, 2.75) is 26.6 Å². The molecule has 0 atom stereocenters. The average Bonchev–Trinajstić information content (AvgIpc) is 3.02. The van der Waals surface area contributed by atoms with Crippen LogP contribution in [0.15, 0.2) is 54.6 Å². The zero-order valence-corrected chi connectivity index (χ0v) is 20.2. The molecule has 0 saturated carbocycles. The quantitative estimate of drug-likeness (QED) is 0.377. The summed E-state index contributed by atoms with van der Waals surface area (Å²) in [5.41, 5.74) is 1.35. The molecule has 0 saturated heterocycles. The fourth-order valence-corrected chi connectivity index (χ4v) is 3.10. The van der Waals surface area contributed by atoms with Crippen molar-refractivity contribution < 1.29 is 60.2 Å². The van der Waals surface area contributed by atoms with Crippen molar-refractivity contribution in [1.29, 1.82) is 0 Å². The van der Waals surface area contributed by atoms with E-state index in [1.165, 1.54) is 16.3 Å². The topological polar surface area (TPSA) is 18.5 Å². The Kier molecular flexibility index (Phi) is 12.8. The Morgan fingerprint density at radius 3 is 2.20 bits per heavy atom. The smallest absolute Gasteiger partial charge is 1.00 e. The molecule has 25 heavy (non-hydrogen) atoms. The molecule has 3 aromatic rings. The summed E-state index contributed by atoms with van der Waals surface area (Å²) in [5, 5.41) is 2.69. The minimum Gasteiger partial charge on any atom is -1.00 e. The standard InChI is InChI=1S/C10H9.C9H15O2Si.2ClH.Zr/c1-8-6-9-4-2-3-5-10(9)7-8;1-10-8-6-5-7-9(8)11-12(2,3)4;;;/h2-7H,1H3;5-7H,1-4H3;2*1H;/q2*-1;;;+4/p-2. The van der Waals surface area contributed by atoms with Gasteiger partial charge in [-0.1, -0.05) is 13.0 Å². The average molecular weight is 475 g/mol. The molecule has 2 nitrogen and oxygen atoms in total. The summed E-state index contributed by atoms with van der Waals surface area (Å²) >= 11 is 0. The van der Waals surface area contributed by atoms with Gasteiger partial charge < -0.3 is 34.0 Å². The molecule has 0 bridgehead atoms. The van der Waals surface area contributed by atoms with Crippen molar-refractivity contribution in [2.24, 2.45) is 0 Å². The molecular formula is C19H24Cl2O2SiZr.